The number of nitrogens with one attached hydrogen (secondary N) is 2. The van der Waals surface area contributed by atoms with Crippen LogP contribution in [0, 0.1) is 0 Å². The highest BCUT2D eigenvalue weighted by atomic mass is 16.5. The molecule has 0 radical (unpaired) electrons. The summed E-state index contributed by atoms with van der Waals surface area (Å²) < 4.78 is 9.63. The summed E-state index contributed by atoms with van der Waals surface area (Å²) >= 11 is 0. The normalized spacial score (nSPS) is 12.4. The largest absolute Gasteiger partial charge is 0.467 e. The summed E-state index contributed by atoms with van der Waals surface area (Å²) in [4.78, 5) is 35.8. The SMILES string of the molecule is C=C(C)C[C@@H](NC(=O)[C@H](CO)NC(=O)OCc1ccccc1)C(=O)OC. The van der Waals surface area contributed by atoms with E-state index < -0.39 is 36.7 Å². The second-order valence-corrected chi connectivity index (χ2v) is 5.69. The van der Waals surface area contributed by atoms with Crippen LogP contribution in [0.4, 0.5) is 4.79 Å². The predicted octanol–water partition coefficient (Wildman–Crippen LogP) is 0.898. The molecule has 0 spiro atoms. The van der Waals surface area contributed by atoms with Crippen molar-refractivity contribution in [1.82, 2.24) is 10.6 Å². The average Bonchev–Trinajstić information content (AvgIpc) is 2.63. The zero-order valence-corrected chi connectivity index (χ0v) is 14.9. The number of alkyl carbamates (subject to hydrolysis) is 1. The smallest absolute Gasteiger partial charge is 0.408 e. The molecule has 0 aliphatic heterocycles. The summed E-state index contributed by atoms with van der Waals surface area (Å²) in [5.74, 6) is -1.38. The second-order valence-electron chi connectivity index (χ2n) is 5.69. The monoisotopic (exact) mass is 364 g/mol. The Balaban J connectivity index is 2.59. The van der Waals surface area contributed by atoms with Crippen molar-refractivity contribution in [3.63, 3.8) is 0 Å². The number of carbonyl (C=O) groups excluding carboxylic acids is 3. The van der Waals surface area contributed by atoms with Gasteiger partial charge in [-0.1, -0.05) is 35.9 Å². The van der Waals surface area contributed by atoms with E-state index >= 15 is 0 Å². The molecule has 0 heterocycles. The van der Waals surface area contributed by atoms with Crippen LogP contribution in [-0.4, -0.2) is 48.9 Å². The van der Waals surface area contributed by atoms with Crippen molar-refractivity contribution >= 4 is 18.0 Å². The van der Waals surface area contributed by atoms with Crippen LogP contribution in [0.5, 0.6) is 0 Å². The van der Waals surface area contributed by atoms with Crippen LogP contribution >= 0.6 is 0 Å². The molecule has 0 saturated carbocycles. The lowest BCUT2D eigenvalue weighted by Gasteiger charge is -2.21. The average molecular weight is 364 g/mol. The highest BCUT2D eigenvalue weighted by Gasteiger charge is 2.27. The number of ether oxygens (including phenoxy) is 2. The Morgan fingerprint density at radius 1 is 1.15 bits per heavy atom. The van der Waals surface area contributed by atoms with Gasteiger partial charge in [0, 0.05) is 0 Å². The maximum absolute atomic E-state index is 12.2. The Kier molecular flexibility index (Phi) is 8.86. The van der Waals surface area contributed by atoms with E-state index in [0.29, 0.717) is 5.57 Å². The van der Waals surface area contributed by atoms with Gasteiger partial charge >= 0.3 is 12.1 Å². The van der Waals surface area contributed by atoms with Gasteiger partial charge in [0.05, 0.1) is 13.7 Å². The van der Waals surface area contributed by atoms with Gasteiger partial charge in [-0.05, 0) is 18.9 Å². The highest BCUT2D eigenvalue weighted by molar-refractivity contribution is 5.89. The Hall–Kier alpha value is -2.87. The van der Waals surface area contributed by atoms with E-state index in [4.69, 9.17) is 4.74 Å². The summed E-state index contributed by atoms with van der Waals surface area (Å²) in [6.45, 7) is 4.75. The van der Waals surface area contributed by atoms with Gasteiger partial charge in [-0.25, -0.2) is 9.59 Å². The predicted molar refractivity (Wildman–Crippen MR) is 94.0 cm³/mol. The molecule has 8 nitrogen and oxygen atoms in total. The van der Waals surface area contributed by atoms with Crippen molar-refractivity contribution in [3.8, 4) is 0 Å². The van der Waals surface area contributed by atoms with Crippen LogP contribution in [0.25, 0.3) is 0 Å². The Morgan fingerprint density at radius 3 is 2.35 bits per heavy atom. The molecule has 0 fully saturated rings. The van der Waals surface area contributed by atoms with Gasteiger partial charge < -0.3 is 25.2 Å². The number of hydrogen-bond donors (Lipinski definition) is 3. The number of benzene rings is 1. The minimum Gasteiger partial charge on any atom is -0.467 e. The third kappa shape index (κ3) is 7.35. The molecule has 1 aromatic rings. The van der Waals surface area contributed by atoms with Gasteiger partial charge in [0.25, 0.3) is 0 Å². The van der Waals surface area contributed by atoms with Crippen LogP contribution in [0.1, 0.15) is 18.9 Å². The Bertz CT molecular complexity index is 632. The maximum Gasteiger partial charge on any atom is 0.408 e. The molecule has 142 valence electrons. The van der Waals surface area contributed by atoms with Crippen molar-refractivity contribution in [1.29, 1.82) is 0 Å². The molecule has 3 N–H and O–H groups in total. The molecule has 8 heteroatoms. The first-order chi connectivity index (χ1) is 12.4. The van der Waals surface area contributed by atoms with E-state index in [2.05, 4.69) is 21.9 Å². The van der Waals surface area contributed by atoms with Gasteiger partial charge in [0.15, 0.2) is 0 Å². The fourth-order valence-corrected chi connectivity index (χ4v) is 2.06. The molecular weight excluding hydrogens is 340 g/mol. The first-order valence-electron chi connectivity index (χ1n) is 7.98. The lowest BCUT2D eigenvalue weighted by atomic mass is 10.1. The summed E-state index contributed by atoms with van der Waals surface area (Å²) in [6.07, 6.45) is -0.688. The van der Waals surface area contributed by atoms with E-state index in [-0.39, 0.29) is 13.0 Å². The van der Waals surface area contributed by atoms with Gasteiger partial charge in [-0.15, -0.1) is 6.58 Å². The minimum absolute atomic E-state index is 0.0207. The van der Waals surface area contributed by atoms with Crippen molar-refractivity contribution < 1.29 is 29.0 Å². The topological polar surface area (TPSA) is 114 Å². The second kappa shape index (κ2) is 10.9. The number of hydrogen-bond acceptors (Lipinski definition) is 6. The van der Waals surface area contributed by atoms with Gasteiger partial charge in [-0.2, -0.15) is 0 Å². The third-order valence-electron chi connectivity index (χ3n) is 3.36. The summed E-state index contributed by atoms with van der Waals surface area (Å²) in [6, 6.07) is 6.77. The lowest BCUT2D eigenvalue weighted by molar-refractivity contribution is -0.145. The van der Waals surface area contributed by atoms with Crippen molar-refractivity contribution in [2.24, 2.45) is 0 Å². The van der Waals surface area contributed by atoms with E-state index in [0.717, 1.165) is 5.56 Å². The number of carbonyl (C=O) groups is 3. The fraction of sp³-hybridized carbons (Fsp3) is 0.389. The molecule has 0 unspecified atom stereocenters. The first kappa shape index (κ1) is 21.2. The summed E-state index contributed by atoms with van der Waals surface area (Å²) in [7, 11) is 1.20. The summed E-state index contributed by atoms with van der Waals surface area (Å²) in [5, 5.41) is 14.0. The quantitative estimate of drug-likeness (QED) is 0.443. The summed E-state index contributed by atoms with van der Waals surface area (Å²) in [5.41, 5.74) is 1.44. The third-order valence-corrected chi connectivity index (χ3v) is 3.36. The van der Waals surface area contributed by atoms with E-state index in [1.165, 1.54) is 7.11 Å². The molecule has 0 aliphatic rings. The molecule has 2 atom stereocenters. The van der Waals surface area contributed by atoms with Crippen molar-refractivity contribution in [2.45, 2.75) is 32.0 Å². The van der Waals surface area contributed by atoms with Gasteiger partial charge in [0.2, 0.25) is 5.91 Å². The Labute approximate surface area is 152 Å². The molecule has 2 amide bonds. The molecule has 0 aliphatic carbocycles. The highest BCUT2D eigenvalue weighted by Crippen LogP contribution is 2.05. The molecule has 0 aromatic heterocycles. The van der Waals surface area contributed by atoms with E-state index in [1.54, 1.807) is 31.2 Å². The van der Waals surface area contributed by atoms with Crippen LogP contribution in [0.3, 0.4) is 0 Å². The van der Waals surface area contributed by atoms with Gasteiger partial charge in [-0.3, -0.25) is 4.79 Å². The van der Waals surface area contributed by atoms with Crippen LogP contribution in [0.2, 0.25) is 0 Å². The number of aliphatic hydroxyl groups is 1. The zero-order valence-electron chi connectivity index (χ0n) is 14.9. The Morgan fingerprint density at radius 2 is 1.81 bits per heavy atom. The number of aliphatic hydroxyl groups excluding tert-OH is 1. The van der Waals surface area contributed by atoms with Crippen molar-refractivity contribution in [3.05, 3.63) is 48.0 Å². The number of esters is 1. The fourth-order valence-electron chi connectivity index (χ4n) is 2.06. The zero-order chi connectivity index (χ0) is 19.5. The van der Waals surface area contributed by atoms with E-state index in [1.807, 2.05) is 6.07 Å². The molecule has 0 bridgehead atoms. The first-order valence-corrected chi connectivity index (χ1v) is 7.98. The molecule has 26 heavy (non-hydrogen) atoms. The van der Waals surface area contributed by atoms with Crippen LogP contribution in [-0.2, 0) is 25.7 Å². The molecular formula is C18H24N2O6. The lowest BCUT2D eigenvalue weighted by Crippen LogP contribution is -2.53. The van der Waals surface area contributed by atoms with E-state index in [9.17, 15) is 19.5 Å². The minimum atomic E-state index is -1.27. The maximum atomic E-state index is 12.2. The molecule has 1 rings (SSSR count). The molecule has 1 aromatic carbocycles. The van der Waals surface area contributed by atoms with Crippen LogP contribution < -0.4 is 10.6 Å². The van der Waals surface area contributed by atoms with Crippen molar-refractivity contribution in [2.75, 3.05) is 13.7 Å². The number of rotatable bonds is 9. The van der Waals surface area contributed by atoms with Crippen LogP contribution in [0.15, 0.2) is 42.5 Å². The standard InChI is InChI=1S/C18H24N2O6/c1-12(2)9-14(17(23)25-3)19-16(22)15(10-21)20-18(24)26-11-13-7-5-4-6-8-13/h4-8,14-15,21H,1,9-11H2,2-3H3,(H,19,22)(H,20,24)/t14-,15+/m1/s1. The number of methoxy groups -OCH3 is 1. The molecule has 0 saturated heterocycles. The number of amides is 2. The van der Waals surface area contributed by atoms with Gasteiger partial charge in [0.1, 0.15) is 18.7 Å².